The molecular weight excluding hydrogens is 445 g/mol. The zero-order valence-electron chi connectivity index (χ0n) is 16.5. The number of piperidine rings is 1. The van der Waals surface area contributed by atoms with E-state index < -0.39 is 0 Å². The Bertz CT molecular complexity index is 978. The highest BCUT2D eigenvalue weighted by molar-refractivity contribution is 6.30. The maximum atomic E-state index is 6.12. The standard InChI is InChI=1S/C22H21Cl2N3O.ClH.H2O/c1-27-17-10-11-19(27)20(18(12-17)13-2-6-15(23)7-3-13)22-25-21(26-28-22)14-4-8-16(24)9-5-14;;/h2-9,17-20H,10-12H2,1H3;1H;1H2. The molecule has 0 spiro atoms. The average molecular weight is 469 g/mol. The summed E-state index contributed by atoms with van der Waals surface area (Å²) in [4.78, 5) is 7.31. The quantitative estimate of drug-likeness (QED) is 0.517. The van der Waals surface area contributed by atoms with Crippen molar-refractivity contribution in [1.82, 2.24) is 15.0 Å². The summed E-state index contributed by atoms with van der Waals surface area (Å²) < 4.78 is 5.82. The maximum absolute atomic E-state index is 6.12. The van der Waals surface area contributed by atoms with Crippen molar-refractivity contribution in [2.75, 3.05) is 7.05 Å². The highest BCUT2D eigenvalue weighted by atomic mass is 35.5. The molecule has 0 radical (unpaired) electrons. The van der Waals surface area contributed by atoms with Crippen LogP contribution in [0.4, 0.5) is 0 Å². The SMILES string of the molecule is CN1C2CCC1C(c1nc(-c3ccc(Cl)cc3)no1)C(c1ccc(Cl)cc1)C2.Cl.O. The van der Waals surface area contributed by atoms with Crippen molar-refractivity contribution >= 4 is 35.6 Å². The summed E-state index contributed by atoms with van der Waals surface area (Å²) in [6.45, 7) is 0. The summed E-state index contributed by atoms with van der Waals surface area (Å²) >= 11 is 12.1. The van der Waals surface area contributed by atoms with Gasteiger partial charge in [-0.3, -0.25) is 4.90 Å². The van der Waals surface area contributed by atoms with Crippen molar-refractivity contribution in [3.05, 3.63) is 70.0 Å². The molecule has 4 unspecified atom stereocenters. The van der Waals surface area contributed by atoms with Crippen LogP contribution < -0.4 is 0 Å². The summed E-state index contributed by atoms with van der Waals surface area (Å²) in [5.74, 6) is 1.87. The number of likely N-dealkylation sites (N-methyl/N-ethyl adjacent to an activating group) is 1. The minimum Gasteiger partial charge on any atom is -0.412 e. The van der Waals surface area contributed by atoms with Crippen molar-refractivity contribution in [2.45, 2.75) is 43.2 Å². The number of aromatic nitrogens is 2. The molecule has 0 amide bonds. The van der Waals surface area contributed by atoms with E-state index in [1.165, 1.54) is 12.0 Å². The Balaban J connectivity index is 0.00000128. The first-order chi connectivity index (χ1) is 13.6. The zero-order chi connectivity index (χ0) is 19.3. The normalized spacial score (nSPS) is 25.4. The Labute approximate surface area is 192 Å². The number of nitrogens with zero attached hydrogens (tertiary/aromatic N) is 3. The van der Waals surface area contributed by atoms with Gasteiger partial charge in [0, 0.05) is 27.7 Å². The molecule has 2 aromatic carbocycles. The minimum absolute atomic E-state index is 0. The van der Waals surface area contributed by atoms with Gasteiger partial charge in [-0.15, -0.1) is 12.4 Å². The van der Waals surface area contributed by atoms with E-state index in [1.54, 1.807) is 0 Å². The molecule has 5 rings (SSSR count). The molecule has 3 aromatic rings. The van der Waals surface area contributed by atoms with E-state index in [-0.39, 0.29) is 23.8 Å². The van der Waals surface area contributed by atoms with Crippen molar-refractivity contribution < 1.29 is 10.00 Å². The van der Waals surface area contributed by atoms with Crippen LogP contribution >= 0.6 is 35.6 Å². The summed E-state index contributed by atoms with van der Waals surface area (Å²) in [6, 6.07) is 16.8. The van der Waals surface area contributed by atoms with Crippen LogP contribution in [0.25, 0.3) is 11.4 Å². The molecule has 30 heavy (non-hydrogen) atoms. The van der Waals surface area contributed by atoms with Gasteiger partial charge in [0.2, 0.25) is 11.7 Å². The largest absolute Gasteiger partial charge is 0.412 e. The lowest BCUT2D eigenvalue weighted by Crippen LogP contribution is -2.44. The second-order valence-electron chi connectivity index (χ2n) is 7.85. The van der Waals surface area contributed by atoms with Gasteiger partial charge >= 0.3 is 0 Å². The lowest BCUT2D eigenvalue weighted by atomic mass is 9.76. The van der Waals surface area contributed by atoms with E-state index in [2.05, 4.69) is 29.2 Å². The summed E-state index contributed by atoms with van der Waals surface area (Å²) in [7, 11) is 2.23. The summed E-state index contributed by atoms with van der Waals surface area (Å²) in [5, 5.41) is 5.73. The van der Waals surface area contributed by atoms with Crippen LogP contribution in [0.15, 0.2) is 53.1 Å². The fraction of sp³-hybridized carbons (Fsp3) is 0.364. The second-order valence-corrected chi connectivity index (χ2v) is 8.72. The molecule has 0 saturated carbocycles. The zero-order valence-corrected chi connectivity index (χ0v) is 18.8. The molecule has 5 nitrogen and oxygen atoms in total. The molecule has 3 heterocycles. The first kappa shape index (κ1) is 23.0. The highest BCUT2D eigenvalue weighted by Gasteiger charge is 2.48. The molecule has 2 aliphatic heterocycles. The third-order valence-corrected chi connectivity index (χ3v) is 6.90. The number of benzene rings is 2. The summed E-state index contributed by atoms with van der Waals surface area (Å²) in [5.41, 5.74) is 2.21. The van der Waals surface area contributed by atoms with Gasteiger partial charge in [0.25, 0.3) is 0 Å². The fourth-order valence-electron chi connectivity index (χ4n) is 4.94. The molecule has 2 fully saturated rings. The molecule has 4 atom stereocenters. The number of rotatable bonds is 3. The van der Waals surface area contributed by atoms with E-state index in [0.29, 0.717) is 28.8 Å². The topological polar surface area (TPSA) is 73.7 Å². The lowest BCUT2D eigenvalue weighted by molar-refractivity contribution is 0.120. The molecule has 8 heteroatoms. The number of fused-ring (bicyclic) bond motifs is 2. The molecule has 2 saturated heterocycles. The van der Waals surface area contributed by atoms with Gasteiger partial charge in [0.1, 0.15) is 0 Å². The molecular formula is C22H24Cl3N3O2. The van der Waals surface area contributed by atoms with Crippen LogP contribution in [0, 0.1) is 0 Å². The molecule has 1 aromatic heterocycles. The van der Waals surface area contributed by atoms with Gasteiger partial charge in [-0.05, 0) is 74.2 Å². The third kappa shape index (κ3) is 4.10. The van der Waals surface area contributed by atoms with Gasteiger partial charge < -0.3 is 10.00 Å². The maximum Gasteiger partial charge on any atom is 0.232 e. The fourth-order valence-corrected chi connectivity index (χ4v) is 5.19. The third-order valence-electron chi connectivity index (χ3n) is 6.40. The Morgan fingerprint density at radius 2 is 1.60 bits per heavy atom. The van der Waals surface area contributed by atoms with Gasteiger partial charge in [-0.25, -0.2) is 0 Å². The molecule has 160 valence electrons. The van der Waals surface area contributed by atoms with Crippen LogP contribution in [0.1, 0.15) is 42.6 Å². The number of hydrogen-bond donors (Lipinski definition) is 0. The van der Waals surface area contributed by atoms with E-state index in [9.17, 15) is 0 Å². The Morgan fingerprint density at radius 3 is 2.27 bits per heavy atom. The van der Waals surface area contributed by atoms with Crippen molar-refractivity contribution in [1.29, 1.82) is 0 Å². The predicted molar refractivity (Wildman–Crippen MR) is 122 cm³/mol. The summed E-state index contributed by atoms with van der Waals surface area (Å²) in [6.07, 6.45) is 3.48. The van der Waals surface area contributed by atoms with Crippen LogP contribution in [-0.2, 0) is 0 Å². The van der Waals surface area contributed by atoms with Crippen LogP contribution in [0.3, 0.4) is 0 Å². The first-order valence-corrected chi connectivity index (χ1v) is 10.4. The van der Waals surface area contributed by atoms with Crippen molar-refractivity contribution in [3.8, 4) is 11.4 Å². The number of halogens is 3. The highest BCUT2D eigenvalue weighted by Crippen LogP contribution is 2.50. The molecule has 2 N–H and O–H groups in total. The predicted octanol–water partition coefficient (Wildman–Crippen LogP) is 5.37. The van der Waals surface area contributed by atoms with Crippen molar-refractivity contribution in [2.24, 2.45) is 0 Å². The number of hydrogen-bond acceptors (Lipinski definition) is 4. The first-order valence-electron chi connectivity index (χ1n) is 9.67. The average Bonchev–Trinajstić information content (AvgIpc) is 3.26. The van der Waals surface area contributed by atoms with E-state index in [4.69, 9.17) is 32.7 Å². The van der Waals surface area contributed by atoms with Crippen LogP contribution in [0.2, 0.25) is 10.0 Å². The van der Waals surface area contributed by atoms with Gasteiger partial charge in [-0.1, -0.05) is 40.5 Å². The van der Waals surface area contributed by atoms with E-state index in [1.807, 2.05) is 36.4 Å². The smallest absolute Gasteiger partial charge is 0.232 e. The Hall–Kier alpha value is -1.63. The monoisotopic (exact) mass is 467 g/mol. The Morgan fingerprint density at radius 1 is 0.967 bits per heavy atom. The van der Waals surface area contributed by atoms with Crippen LogP contribution in [-0.4, -0.2) is 39.6 Å². The van der Waals surface area contributed by atoms with Gasteiger partial charge in [-0.2, -0.15) is 4.98 Å². The van der Waals surface area contributed by atoms with E-state index >= 15 is 0 Å². The van der Waals surface area contributed by atoms with Gasteiger partial charge in [0.15, 0.2) is 0 Å². The molecule has 0 aliphatic carbocycles. The van der Waals surface area contributed by atoms with E-state index in [0.717, 1.165) is 29.3 Å². The molecule has 2 bridgehead atoms. The van der Waals surface area contributed by atoms with Crippen LogP contribution in [0.5, 0.6) is 0 Å². The van der Waals surface area contributed by atoms with Crippen molar-refractivity contribution in [3.63, 3.8) is 0 Å². The lowest BCUT2D eigenvalue weighted by Gasteiger charge is -2.41. The minimum atomic E-state index is 0. The van der Waals surface area contributed by atoms with Gasteiger partial charge in [0.05, 0.1) is 5.92 Å². The Kier molecular flexibility index (Phi) is 7.10. The molecule has 2 aliphatic rings. The second kappa shape index (κ2) is 9.25.